The predicted molar refractivity (Wildman–Crippen MR) is 576 cm³/mol. The maximum atomic E-state index is 13.0. The zero-order valence-corrected chi connectivity index (χ0v) is 88.9. The van der Waals surface area contributed by atoms with Crippen molar-refractivity contribution in [1.29, 1.82) is 0 Å². The number of rotatable bonds is 26. The number of carboxylic acid groups (broad SMARTS) is 3. The molecule has 15 rings (SSSR count). The fraction of sp³-hybridized carbons (Fsp3) is 0.278. The smallest absolute Gasteiger partial charge is 0.480 e. The molecule has 0 radical (unpaired) electrons. The van der Waals surface area contributed by atoms with Crippen LogP contribution < -0.4 is 27.1 Å². The Morgan fingerprint density at radius 2 is 0.718 bits per heavy atom. The zero-order valence-electron chi connectivity index (χ0n) is 83.4. The molecule has 149 heavy (non-hydrogen) atoms. The number of carbonyl (C=O) groups excluding carboxylic acids is 9. The number of nitrogens with one attached hydrogen (secondary N) is 3. The standard InChI is InChI=1S/C23H27N3O4.C18H18N2O5.C14H19BO4.C13H11NO2.C12H8ClNO.C12H9NO2.C6H11NO4.C5H4BrN.C5H11N.Cl2OS.ClH/c1-30-21(27)13-12-20(23(29)26-15-5-2-6-16-26)25-22(28)18-10-8-17(9-11-18)19-7-3-4-14-24-19;1-25-16(21)10-9-15(18(23)24)20-17(22)13-7-5-12(6-8-13)14-4-2-3-11-19-14;1-13(2)14(3,4)19-15(18-13)11-8-6-10(7-9-11)12(16)17-5;1-16-13(15)11-7-5-10(6-8-11)12-4-2-3-9-14-12;13-12(15)10-6-4-9(5-7-10)11-3-1-2-8-14-11;14-12(15)10-6-4-9(5-7-10)11-3-1-2-8-13-11;1-11-5(8)3-2-4(7)6(9)10;6-5-3-1-2-4-7-5;1-2-4-6-5-3-1;1-4(2)3;/h3-4,7-11,14,20H,2,5-6,12-13,15-16H2,1H3,(H,25,28);2-8,11,15H,9-10H2,1H3,(H,20,22)(H,23,24);6-9H,1-5H3;2-9H,1H3;1-8H;1-8H,(H,14,15);4H,2-3,7H2,1H3,(H,9,10);1-4H;6H,1-5H2;;1H/t20-;15-;;;;;4-;;;;/m00....0..../s1. The molecular formula is C108H119BBrCl4N11O23S. The number of hydrogen-bond donors (Lipinski definition) is 7. The number of aliphatic carboxylic acids is 2. The van der Waals surface area contributed by atoms with Gasteiger partial charge in [-0.1, -0.05) is 116 Å². The second-order valence-electron chi connectivity index (χ2n) is 32.9. The molecule has 3 saturated heterocycles. The molecule has 12 aromatic rings. The van der Waals surface area contributed by atoms with E-state index in [4.69, 9.17) is 41.1 Å². The lowest BCUT2D eigenvalue weighted by atomic mass is 9.79. The summed E-state index contributed by atoms with van der Waals surface area (Å²) in [5.74, 6) is -6.28. The quantitative estimate of drug-likeness (QED) is 0.00870. The summed E-state index contributed by atoms with van der Waals surface area (Å²) in [6.45, 7) is 11.9. The van der Waals surface area contributed by atoms with Crippen LogP contribution in [0.2, 0.25) is 0 Å². The van der Waals surface area contributed by atoms with Gasteiger partial charge in [0.25, 0.3) is 17.1 Å². The van der Waals surface area contributed by atoms with Crippen LogP contribution in [0.25, 0.3) is 56.3 Å². The Labute approximate surface area is 896 Å². The number of pyridine rings is 6. The zero-order chi connectivity index (χ0) is 108. The summed E-state index contributed by atoms with van der Waals surface area (Å²) in [7, 11) is 13.5. The van der Waals surface area contributed by atoms with Crippen molar-refractivity contribution >= 4 is 154 Å². The number of halogens is 5. The van der Waals surface area contributed by atoms with Crippen molar-refractivity contribution in [3.8, 4) is 56.3 Å². The van der Waals surface area contributed by atoms with Gasteiger partial charge in [0.05, 0.1) is 91.9 Å². The van der Waals surface area contributed by atoms with E-state index in [0.29, 0.717) is 40.9 Å². The van der Waals surface area contributed by atoms with Crippen molar-refractivity contribution in [3.05, 3.63) is 330 Å². The summed E-state index contributed by atoms with van der Waals surface area (Å²) in [5.41, 5.74) is 16.7. The maximum Gasteiger partial charge on any atom is 0.494 e. The first kappa shape index (κ1) is 125. The average molecular weight is 2200 g/mol. The number of piperidine rings is 2. The van der Waals surface area contributed by atoms with Gasteiger partial charge in [-0.15, -0.1) is 12.4 Å². The lowest BCUT2D eigenvalue weighted by Crippen LogP contribution is -2.50. The highest BCUT2D eigenvalue weighted by molar-refractivity contribution is 9.10. The lowest BCUT2D eigenvalue weighted by molar-refractivity contribution is -0.143. The monoisotopic (exact) mass is 2200 g/mol. The number of aromatic nitrogens is 6. The number of nitrogens with zero attached hydrogens (tertiary/aromatic N) is 7. The molecule has 3 amide bonds. The van der Waals surface area contributed by atoms with Gasteiger partial charge < -0.3 is 74.9 Å². The first-order valence-electron chi connectivity index (χ1n) is 46.4. The molecule has 8 N–H and O–H groups in total. The summed E-state index contributed by atoms with van der Waals surface area (Å²) in [6, 6.07) is 72.7. The first-order valence-corrected chi connectivity index (χ1v) is 50.4. The molecule has 3 atom stereocenters. The number of aromatic carboxylic acids is 1. The van der Waals surface area contributed by atoms with E-state index in [0.717, 1.165) is 85.6 Å². The number of hydrogen-bond acceptors (Lipinski definition) is 28. The maximum absolute atomic E-state index is 13.0. The number of nitrogens with two attached hydrogens (primary N) is 1. The van der Waals surface area contributed by atoms with Crippen molar-refractivity contribution in [2.75, 3.05) is 61.7 Å². The number of carboxylic acids is 3. The van der Waals surface area contributed by atoms with E-state index in [1.165, 1.54) is 67.9 Å². The van der Waals surface area contributed by atoms with E-state index in [1.54, 1.807) is 139 Å². The highest BCUT2D eigenvalue weighted by atomic mass is 79.9. The minimum atomic E-state index is -1.67. The molecule has 34 nitrogen and oxygen atoms in total. The fourth-order valence-corrected chi connectivity index (χ4v) is 13.7. The molecular weight excluding hydrogens is 2080 g/mol. The molecule has 3 fully saturated rings. The Hall–Kier alpha value is -14.2. The van der Waals surface area contributed by atoms with E-state index >= 15 is 0 Å². The molecule has 3 aliphatic rings. The summed E-state index contributed by atoms with van der Waals surface area (Å²) in [6.07, 6.45) is 17.8. The Balaban J connectivity index is 0.000000302. The number of amides is 3. The van der Waals surface area contributed by atoms with Crippen LogP contribution in [0.3, 0.4) is 0 Å². The van der Waals surface area contributed by atoms with Gasteiger partial charge in [-0.3, -0.25) is 63.3 Å². The van der Waals surface area contributed by atoms with Crippen LogP contribution in [-0.2, 0) is 71.0 Å². The van der Waals surface area contributed by atoms with Crippen LogP contribution in [0.1, 0.15) is 167 Å². The van der Waals surface area contributed by atoms with Crippen LogP contribution in [0.15, 0.2) is 297 Å². The van der Waals surface area contributed by atoms with Gasteiger partial charge in [0.2, 0.25) is 15.1 Å². The molecule has 0 spiro atoms. The van der Waals surface area contributed by atoms with Crippen molar-refractivity contribution in [1.82, 2.24) is 50.8 Å². The van der Waals surface area contributed by atoms with Crippen LogP contribution in [0.5, 0.6) is 0 Å². The number of esters is 5. The molecule has 0 saturated carbocycles. The highest BCUT2D eigenvalue weighted by Gasteiger charge is 2.52. The molecule has 0 unspecified atom stereocenters. The van der Waals surface area contributed by atoms with E-state index in [2.05, 4.69) is 107 Å². The van der Waals surface area contributed by atoms with E-state index < -0.39 is 81.4 Å². The van der Waals surface area contributed by atoms with Crippen molar-refractivity contribution in [3.63, 3.8) is 0 Å². The normalized spacial score (nSPS) is 13.0. The van der Waals surface area contributed by atoms with E-state index in [9.17, 15) is 62.6 Å². The highest BCUT2D eigenvalue weighted by Crippen LogP contribution is 2.37. The van der Waals surface area contributed by atoms with Gasteiger partial charge in [-0.05, 0) is 271 Å². The summed E-state index contributed by atoms with van der Waals surface area (Å²) < 4.78 is 44.6. The van der Waals surface area contributed by atoms with Gasteiger partial charge >= 0.3 is 54.9 Å². The Bertz CT molecular complexity index is 6020. The topological polar surface area (TPSA) is 490 Å². The lowest BCUT2D eigenvalue weighted by Gasteiger charge is -2.32. The Kier molecular flexibility index (Phi) is 57.4. The van der Waals surface area contributed by atoms with Crippen LogP contribution in [0.4, 0.5) is 0 Å². The van der Waals surface area contributed by atoms with Crippen molar-refractivity contribution < 1.29 is 110 Å². The second kappa shape index (κ2) is 68.3. The summed E-state index contributed by atoms with van der Waals surface area (Å²) in [4.78, 5) is 163. The molecule has 6 aromatic heterocycles. The van der Waals surface area contributed by atoms with Crippen molar-refractivity contribution in [2.45, 2.75) is 134 Å². The van der Waals surface area contributed by atoms with Gasteiger partial charge in [0.1, 0.15) is 22.7 Å². The van der Waals surface area contributed by atoms with E-state index in [1.807, 2.05) is 185 Å². The number of carbonyl (C=O) groups is 12. The first-order chi connectivity index (χ1) is 70.9. The number of benzene rings is 6. The number of likely N-dealkylation sites (tertiary alicyclic amines) is 1. The Morgan fingerprint density at radius 1 is 0.416 bits per heavy atom. The summed E-state index contributed by atoms with van der Waals surface area (Å²) >= 11 is 8.55. The molecule has 0 aliphatic carbocycles. The van der Waals surface area contributed by atoms with Crippen LogP contribution in [0, 0.1) is 0 Å². The molecule has 0 bridgehead atoms. The number of ether oxygens (including phenoxy) is 5. The Morgan fingerprint density at radius 3 is 0.987 bits per heavy atom. The molecule has 41 heteroatoms. The van der Waals surface area contributed by atoms with E-state index in [-0.39, 0.29) is 91.5 Å². The predicted octanol–water partition coefficient (Wildman–Crippen LogP) is 18.0. The third-order valence-corrected chi connectivity index (χ3v) is 22.8. The largest absolute Gasteiger partial charge is 0.494 e. The van der Waals surface area contributed by atoms with Crippen LogP contribution >= 0.6 is 61.3 Å². The third kappa shape index (κ3) is 46.4. The summed E-state index contributed by atoms with van der Waals surface area (Å²) in [5, 5.41) is 34.3. The van der Waals surface area contributed by atoms with Gasteiger partial charge in [-0.25, -0.2) is 28.4 Å². The molecule has 9 heterocycles. The molecule has 788 valence electrons. The fourth-order valence-electron chi connectivity index (χ4n) is 13.3. The number of methoxy groups -OCH3 is 5. The van der Waals surface area contributed by atoms with Gasteiger partial charge in [-0.2, -0.15) is 0 Å². The van der Waals surface area contributed by atoms with Crippen molar-refractivity contribution in [2.24, 2.45) is 5.73 Å². The SMILES string of the molecule is Brc1ccccn1.C1CCNCC1.COC(=O)CC[C@H](N)C(=O)O.COC(=O)CC[C@H](NC(=O)c1ccc(-c2ccccn2)cc1)C(=O)N1CCCCC1.COC(=O)CC[C@H](NC(=O)c1ccc(-c2ccccn2)cc1)C(=O)O.COC(=O)c1ccc(-c2ccccn2)cc1.COC(=O)c1ccc(B2OC(C)(C)C(C)(C)O2)cc1.Cl.O=C(Cl)c1ccc(-c2ccccn2)cc1.O=C(O)c1ccc(-c2ccccn2)cc1.O=S(Cl)Cl. The minimum absolute atomic E-state index is 0. The third-order valence-electron chi connectivity index (χ3n) is 22.1. The van der Waals surface area contributed by atoms with Crippen LogP contribution in [-0.4, -0.2) is 223 Å². The van der Waals surface area contributed by atoms with Gasteiger partial charge in [0.15, 0.2) is 0 Å². The second-order valence-corrected chi connectivity index (χ2v) is 36.6. The minimum Gasteiger partial charge on any atom is -0.480 e. The molecule has 6 aromatic carbocycles. The molecule has 3 aliphatic heterocycles. The van der Waals surface area contributed by atoms with Gasteiger partial charge in [0, 0.05) is 135 Å². The average Bonchev–Trinajstić information content (AvgIpc) is 1.62.